The molecule has 1 N–H and O–H groups in total. The molecule has 0 atom stereocenters. The highest BCUT2D eigenvalue weighted by Gasteiger charge is 2.29. The van der Waals surface area contributed by atoms with Crippen LogP contribution < -0.4 is 4.90 Å². The summed E-state index contributed by atoms with van der Waals surface area (Å²) in [6.07, 6.45) is -0.314. The van der Waals surface area contributed by atoms with E-state index >= 15 is 0 Å². The molecule has 2 aromatic carbocycles. The number of hydrogen-bond acceptors (Lipinski definition) is 7. The number of β-amino-alcohol motifs (C(OH)–C–C–N with tert-alkyl or cyclic N) is 1. The number of aryl methyl sites for hydroxylation is 1. The molecule has 0 bridgehead atoms. The van der Waals surface area contributed by atoms with Gasteiger partial charge >= 0.3 is 6.01 Å². The fraction of sp³-hybridized carbons (Fsp3) is 0.190. The second-order valence-electron chi connectivity index (χ2n) is 6.83. The Hall–Kier alpha value is -3.03. The molecule has 0 aliphatic carbocycles. The number of aliphatic hydroxyl groups excluding tert-OH is 1. The Morgan fingerprint density at radius 3 is 2.36 bits per heavy atom. The van der Waals surface area contributed by atoms with Crippen molar-refractivity contribution in [1.29, 1.82) is 0 Å². The molecule has 0 unspecified atom stereocenters. The summed E-state index contributed by atoms with van der Waals surface area (Å²) in [5, 5.41) is 18.6. The predicted octanol–water partition coefficient (Wildman–Crippen LogP) is 4.02. The Labute approximate surface area is 166 Å². The maximum atomic E-state index is 9.43. The molecule has 0 radical (unpaired) electrons. The third kappa shape index (κ3) is 3.08. The first-order valence-electron chi connectivity index (χ1n) is 9.07. The molecule has 6 nitrogen and oxygen atoms in total. The van der Waals surface area contributed by atoms with E-state index in [0.717, 1.165) is 21.1 Å². The number of rotatable bonds is 4. The standard InChI is InChI=1S/C21H18N4O2S/c1-13-18(19-23-24-21(27-19)25-11-17(26)12-25)28-20(22-13)16-9-7-15(8-10-16)14-5-3-2-4-6-14/h2-10,17,26H,11-12H2,1H3. The molecule has 5 rings (SSSR count). The first-order chi connectivity index (χ1) is 13.7. The van der Waals surface area contributed by atoms with Gasteiger partial charge in [0.2, 0.25) is 0 Å². The zero-order valence-corrected chi connectivity index (χ0v) is 16.1. The van der Waals surface area contributed by atoms with Gasteiger partial charge in [-0.05, 0) is 18.1 Å². The number of nitrogens with zero attached hydrogens (tertiary/aromatic N) is 4. The lowest BCUT2D eigenvalue weighted by atomic mass is 10.0. The van der Waals surface area contributed by atoms with E-state index in [1.54, 1.807) is 11.3 Å². The molecule has 1 aliphatic heterocycles. The van der Waals surface area contributed by atoms with Gasteiger partial charge in [-0.25, -0.2) is 4.98 Å². The van der Waals surface area contributed by atoms with Gasteiger partial charge in [0.05, 0.1) is 24.9 Å². The lowest BCUT2D eigenvalue weighted by Gasteiger charge is -2.33. The highest BCUT2D eigenvalue weighted by molar-refractivity contribution is 7.18. The minimum Gasteiger partial charge on any atom is -0.402 e. The number of anilines is 1. The molecule has 0 spiro atoms. The van der Waals surface area contributed by atoms with Crippen LogP contribution in [0, 0.1) is 6.92 Å². The van der Waals surface area contributed by atoms with E-state index in [-0.39, 0.29) is 6.10 Å². The number of hydrogen-bond donors (Lipinski definition) is 1. The molecule has 1 aliphatic rings. The molecule has 0 saturated carbocycles. The Kier molecular flexibility index (Phi) is 4.18. The van der Waals surface area contributed by atoms with E-state index < -0.39 is 0 Å². The van der Waals surface area contributed by atoms with E-state index in [4.69, 9.17) is 9.40 Å². The van der Waals surface area contributed by atoms with Gasteiger partial charge in [0.25, 0.3) is 5.89 Å². The fourth-order valence-corrected chi connectivity index (χ4v) is 4.19. The average molecular weight is 390 g/mol. The van der Waals surface area contributed by atoms with Crippen molar-refractivity contribution in [3.05, 3.63) is 60.3 Å². The maximum absolute atomic E-state index is 9.43. The summed E-state index contributed by atoms with van der Waals surface area (Å²) >= 11 is 1.54. The van der Waals surface area contributed by atoms with Gasteiger partial charge in [0.15, 0.2) is 0 Å². The molecule has 0 amide bonds. The summed E-state index contributed by atoms with van der Waals surface area (Å²) in [5.74, 6) is 0.471. The van der Waals surface area contributed by atoms with Crippen molar-refractivity contribution >= 4 is 17.4 Å². The molecule has 4 aromatic rings. The van der Waals surface area contributed by atoms with Crippen LogP contribution in [0.25, 0.3) is 32.5 Å². The molecular weight excluding hydrogens is 372 g/mol. The van der Waals surface area contributed by atoms with Gasteiger partial charge < -0.3 is 14.4 Å². The highest BCUT2D eigenvalue weighted by Crippen LogP contribution is 2.36. The topological polar surface area (TPSA) is 75.3 Å². The molecule has 3 heterocycles. The highest BCUT2D eigenvalue weighted by atomic mass is 32.1. The smallest absolute Gasteiger partial charge is 0.318 e. The van der Waals surface area contributed by atoms with Crippen LogP contribution in [0.4, 0.5) is 6.01 Å². The molecule has 140 valence electrons. The van der Waals surface area contributed by atoms with E-state index in [1.807, 2.05) is 30.0 Å². The van der Waals surface area contributed by atoms with Crippen LogP contribution in [0.5, 0.6) is 0 Å². The van der Waals surface area contributed by atoms with Crippen LogP contribution in [0.1, 0.15) is 5.69 Å². The van der Waals surface area contributed by atoms with Crippen molar-refractivity contribution in [3.63, 3.8) is 0 Å². The van der Waals surface area contributed by atoms with Crippen molar-refractivity contribution < 1.29 is 9.52 Å². The summed E-state index contributed by atoms with van der Waals surface area (Å²) in [7, 11) is 0. The summed E-state index contributed by atoms with van der Waals surface area (Å²) in [6, 6.07) is 19.2. The van der Waals surface area contributed by atoms with Crippen LogP contribution in [0.15, 0.2) is 59.0 Å². The average Bonchev–Trinajstić information content (AvgIpc) is 3.33. The number of aromatic nitrogens is 3. The van der Waals surface area contributed by atoms with Gasteiger partial charge in [-0.1, -0.05) is 59.7 Å². The quantitative estimate of drug-likeness (QED) is 0.567. The monoisotopic (exact) mass is 390 g/mol. The van der Waals surface area contributed by atoms with Gasteiger partial charge in [0.1, 0.15) is 9.88 Å². The summed E-state index contributed by atoms with van der Waals surface area (Å²) in [5.41, 5.74) is 4.30. The van der Waals surface area contributed by atoms with Crippen molar-refractivity contribution in [2.75, 3.05) is 18.0 Å². The normalized spacial score (nSPS) is 14.3. The van der Waals surface area contributed by atoms with Crippen molar-refractivity contribution in [2.24, 2.45) is 0 Å². The second-order valence-corrected chi connectivity index (χ2v) is 7.82. The van der Waals surface area contributed by atoms with Gasteiger partial charge in [-0.2, -0.15) is 0 Å². The SMILES string of the molecule is Cc1nc(-c2ccc(-c3ccccc3)cc2)sc1-c1nnc(N2CC(O)C2)o1. The number of benzene rings is 2. The summed E-state index contributed by atoms with van der Waals surface area (Å²) in [4.78, 5) is 7.44. The summed E-state index contributed by atoms with van der Waals surface area (Å²) in [6.45, 7) is 3.01. The lowest BCUT2D eigenvalue weighted by molar-refractivity contribution is 0.137. The van der Waals surface area contributed by atoms with Crippen LogP contribution >= 0.6 is 11.3 Å². The fourth-order valence-electron chi connectivity index (χ4n) is 3.20. The predicted molar refractivity (Wildman–Crippen MR) is 109 cm³/mol. The van der Waals surface area contributed by atoms with Crippen molar-refractivity contribution in [1.82, 2.24) is 15.2 Å². The molecule has 2 aromatic heterocycles. The molecule has 1 saturated heterocycles. The first kappa shape index (κ1) is 17.1. The Balaban J connectivity index is 1.40. The van der Waals surface area contributed by atoms with Crippen molar-refractivity contribution in [3.8, 4) is 32.5 Å². The lowest BCUT2D eigenvalue weighted by Crippen LogP contribution is -2.51. The zero-order chi connectivity index (χ0) is 19.1. The van der Waals surface area contributed by atoms with Crippen LogP contribution in [0.2, 0.25) is 0 Å². The molecular formula is C21H18N4O2S. The van der Waals surface area contributed by atoms with E-state index in [2.05, 4.69) is 46.6 Å². The van der Waals surface area contributed by atoms with Gasteiger partial charge in [-0.15, -0.1) is 16.4 Å². The van der Waals surface area contributed by atoms with Crippen molar-refractivity contribution in [2.45, 2.75) is 13.0 Å². The molecule has 28 heavy (non-hydrogen) atoms. The Morgan fingerprint density at radius 2 is 1.64 bits per heavy atom. The third-order valence-corrected chi connectivity index (χ3v) is 5.97. The summed E-state index contributed by atoms with van der Waals surface area (Å²) < 4.78 is 5.79. The van der Waals surface area contributed by atoms with E-state index in [1.165, 1.54) is 11.1 Å². The van der Waals surface area contributed by atoms with E-state index in [9.17, 15) is 5.11 Å². The maximum Gasteiger partial charge on any atom is 0.318 e. The van der Waals surface area contributed by atoms with Gasteiger partial charge in [0, 0.05) is 5.56 Å². The van der Waals surface area contributed by atoms with Crippen LogP contribution in [0.3, 0.4) is 0 Å². The molecule has 1 fully saturated rings. The van der Waals surface area contributed by atoms with E-state index in [0.29, 0.717) is 25.0 Å². The Bertz CT molecular complexity index is 1100. The third-order valence-electron chi connectivity index (χ3n) is 4.78. The van der Waals surface area contributed by atoms with Crippen LogP contribution in [-0.2, 0) is 0 Å². The number of thiazole rings is 1. The first-order valence-corrected chi connectivity index (χ1v) is 9.89. The Morgan fingerprint density at radius 1 is 0.964 bits per heavy atom. The largest absolute Gasteiger partial charge is 0.402 e. The van der Waals surface area contributed by atoms with Crippen LogP contribution in [-0.4, -0.2) is 39.5 Å². The number of aliphatic hydroxyl groups is 1. The molecule has 7 heteroatoms. The minimum absolute atomic E-state index is 0.314. The second kappa shape index (κ2) is 6.85. The minimum atomic E-state index is -0.314. The zero-order valence-electron chi connectivity index (χ0n) is 15.2. The van der Waals surface area contributed by atoms with Gasteiger partial charge in [-0.3, -0.25) is 0 Å².